The topological polar surface area (TPSA) is 96.9 Å². The fourth-order valence-electron chi connectivity index (χ4n) is 2.62. The molecule has 1 amide bonds. The Balaban J connectivity index is 2.22. The van der Waals surface area contributed by atoms with Gasteiger partial charge < -0.3 is 29.4 Å². The van der Waals surface area contributed by atoms with Crippen LogP contribution in [0.15, 0.2) is 42.5 Å². The number of aliphatic carboxylic acids is 1. The zero-order valence-corrected chi connectivity index (χ0v) is 16.2. The molecule has 0 saturated heterocycles. The van der Waals surface area contributed by atoms with Gasteiger partial charge in [-0.05, 0) is 36.2 Å². The van der Waals surface area contributed by atoms with Gasteiger partial charge in [0.2, 0.25) is 0 Å². The van der Waals surface area contributed by atoms with Crippen molar-refractivity contribution >= 4 is 11.9 Å². The molecule has 7 heteroatoms. The first-order valence-electron chi connectivity index (χ1n) is 8.93. The van der Waals surface area contributed by atoms with Gasteiger partial charge in [0, 0.05) is 24.0 Å². The highest BCUT2D eigenvalue weighted by molar-refractivity contribution is 5.95. The molecule has 0 aliphatic heterocycles. The molecular weight excluding hydrogens is 362 g/mol. The van der Waals surface area contributed by atoms with E-state index in [2.05, 4.69) is 5.32 Å². The lowest BCUT2D eigenvalue weighted by Crippen LogP contribution is -2.34. The maximum absolute atomic E-state index is 12.7. The monoisotopic (exact) mass is 386 g/mol. The number of amides is 1. The molecule has 1 N–H and O–H groups in total. The Morgan fingerprint density at radius 3 is 2.11 bits per heavy atom. The third-order valence-electron chi connectivity index (χ3n) is 4.05. The van der Waals surface area contributed by atoms with Gasteiger partial charge >= 0.3 is 0 Å². The SMILES string of the molecule is CCCOc1ccc(C(CC(=O)[O-])NC(=O)c2cc(OC)cc(OC)c2)cc1. The minimum absolute atomic E-state index is 0.294. The first kappa shape index (κ1) is 21.1. The second-order valence-corrected chi connectivity index (χ2v) is 6.12. The zero-order chi connectivity index (χ0) is 20.5. The van der Waals surface area contributed by atoms with Crippen molar-refractivity contribution in [3.63, 3.8) is 0 Å². The van der Waals surface area contributed by atoms with E-state index in [1.54, 1.807) is 42.5 Å². The molecule has 0 radical (unpaired) electrons. The van der Waals surface area contributed by atoms with Crippen molar-refractivity contribution in [2.45, 2.75) is 25.8 Å². The Labute approximate surface area is 164 Å². The second-order valence-electron chi connectivity index (χ2n) is 6.12. The summed E-state index contributed by atoms with van der Waals surface area (Å²) in [6, 6.07) is 10.9. The predicted octanol–water partition coefficient (Wildman–Crippen LogP) is 2.10. The van der Waals surface area contributed by atoms with E-state index < -0.39 is 17.9 Å². The van der Waals surface area contributed by atoms with Crippen molar-refractivity contribution in [1.82, 2.24) is 5.32 Å². The average Bonchev–Trinajstić information content (AvgIpc) is 2.71. The largest absolute Gasteiger partial charge is 0.550 e. The molecule has 2 aromatic carbocycles. The number of hydrogen-bond acceptors (Lipinski definition) is 6. The molecular formula is C21H24NO6-. The highest BCUT2D eigenvalue weighted by Crippen LogP contribution is 2.25. The van der Waals surface area contributed by atoms with Crippen molar-refractivity contribution in [3.8, 4) is 17.2 Å². The van der Waals surface area contributed by atoms with Gasteiger partial charge in [0.05, 0.1) is 26.9 Å². The lowest BCUT2D eigenvalue weighted by Gasteiger charge is -2.20. The van der Waals surface area contributed by atoms with E-state index in [1.807, 2.05) is 6.92 Å². The molecule has 0 saturated carbocycles. The Morgan fingerprint density at radius 2 is 1.61 bits per heavy atom. The van der Waals surface area contributed by atoms with Crippen LogP contribution in [0.1, 0.15) is 41.7 Å². The Morgan fingerprint density at radius 1 is 1.00 bits per heavy atom. The molecule has 2 aromatic rings. The van der Waals surface area contributed by atoms with Crippen LogP contribution in [0.2, 0.25) is 0 Å². The van der Waals surface area contributed by atoms with E-state index in [4.69, 9.17) is 14.2 Å². The summed E-state index contributed by atoms with van der Waals surface area (Å²) in [6.45, 7) is 2.60. The van der Waals surface area contributed by atoms with Gasteiger partial charge in [-0.2, -0.15) is 0 Å². The van der Waals surface area contributed by atoms with E-state index in [0.717, 1.165) is 6.42 Å². The number of carboxylic acid groups (broad SMARTS) is 1. The first-order valence-corrected chi connectivity index (χ1v) is 8.93. The summed E-state index contributed by atoms with van der Waals surface area (Å²) in [5.41, 5.74) is 0.929. The number of carboxylic acids is 1. The van der Waals surface area contributed by atoms with Crippen LogP contribution >= 0.6 is 0 Å². The molecule has 7 nitrogen and oxygen atoms in total. The molecule has 0 fully saturated rings. The summed E-state index contributed by atoms with van der Waals surface area (Å²) in [4.78, 5) is 23.9. The van der Waals surface area contributed by atoms with E-state index in [1.165, 1.54) is 14.2 Å². The molecule has 0 spiro atoms. The van der Waals surface area contributed by atoms with Gasteiger partial charge in [-0.15, -0.1) is 0 Å². The normalized spacial score (nSPS) is 11.4. The number of methoxy groups -OCH3 is 2. The minimum atomic E-state index is -1.26. The second kappa shape index (κ2) is 10.2. The van der Waals surface area contributed by atoms with E-state index in [9.17, 15) is 14.7 Å². The van der Waals surface area contributed by atoms with Crippen LogP contribution in [0.3, 0.4) is 0 Å². The van der Waals surface area contributed by atoms with E-state index in [0.29, 0.717) is 35.0 Å². The van der Waals surface area contributed by atoms with Gasteiger partial charge in [0.15, 0.2) is 0 Å². The number of carbonyl (C=O) groups is 2. The number of hydrogen-bond donors (Lipinski definition) is 1. The van der Waals surface area contributed by atoms with Crippen molar-refractivity contribution in [2.75, 3.05) is 20.8 Å². The molecule has 1 unspecified atom stereocenters. The molecule has 150 valence electrons. The van der Waals surface area contributed by atoms with Crippen LogP contribution in [0.5, 0.6) is 17.2 Å². The van der Waals surface area contributed by atoms with Crippen molar-refractivity contribution in [3.05, 3.63) is 53.6 Å². The van der Waals surface area contributed by atoms with Gasteiger partial charge in [-0.25, -0.2) is 0 Å². The Kier molecular flexibility index (Phi) is 7.68. The number of benzene rings is 2. The van der Waals surface area contributed by atoms with Gasteiger partial charge in [-0.3, -0.25) is 4.79 Å². The molecule has 0 aliphatic rings. The van der Waals surface area contributed by atoms with E-state index >= 15 is 0 Å². The molecule has 0 aliphatic carbocycles. The quantitative estimate of drug-likeness (QED) is 0.672. The van der Waals surface area contributed by atoms with Crippen LogP contribution in [0, 0.1) is 0 Å². The van der Waals surface area contributed by atoms with E-state index in [-0.39, 0.29) is 6.42 Å². The molecule has 0 bridgehead atoms. The van der Waals surface area contributed by atoms with Crippen LogP contribution in [0.4, 0.5) is 0 Å². The van der Waals surface area contributed by atoms with Crippen LogP contribution in [-0.2, 0) is 4.79 Å². The summed E-state index contributed by atoms with van der Waals surface area (Å²) in [5, 5.41) is 13.9. The summed E-state index contributed by atoms with van der Waals surface area (Å²) >= 11 is 0. The van der Waals surface area contributed by atoms with Crippen molar-refractivity contribution < 1.29 is 28.9 Å². The van der Waals surface area contributed by atoms with Crippen molar-refractivity contribution in [1.29, 1.82) is 0 Å². The average molecular weight is 386 g/mol. The zero-order valence-electron chi connectivity index (χ0n) is 16.2. The van der Waals surface area contributed by atoms with Crippen LogP contribution < -0.4 is 24.6 Å². The Hall–Kier alpha value is -3.22. The third kappa shape index (κ3) is 5.90. The van der Waals surface area contributed by atoms with Crippen molar-refractivity contribution in [2.24, 2.45) is 0 Å². The van der Waals surface area contributed by atoms with Crippen LogP contribution in [-0.4, -0.2) is 32.7 Å². The maximum Gasteiger partial charge on any atom is 0.252 e. The fourth-order valence-corrected chi connectivity index (χ4v) is 2.62. The summed E-state index contributed by atoms with van der Waals surface area (Å²) in [6.07, 6.45) is 0.525. The summed E-state index contributed by atoms with van der Waals surface area (Å²) in [5.74, 6) is -0.118. The minimum Gasteiger partial charge on any atom is -0.550 e. The molecule has 2 rings (SSSR count). The number of nitrogens with one attached hydrogen (secondary N) is 1. The lowest BCUT2D eigenvalue weighted by atomic mass is 10.0. The smallest absolute Gasteiger partial charge is 0.252 e. The molecule has 28 heavy (non-hydrogen) atoms. The number of ether oxygens (including phenoxy) is 3. The van der Waals surface area contributed by atoms with Gasteiger partial charge in [-0.1, -0.05) is 19.1 Å². The number of rotatable bonds is 10. The highest BCUT2D eigenvalue weighted by Gasteiger charge is 2.18. The molecule has 0 heterocycles. The van der Waals surface area contributed by atoms with Gasteiger partial charge in [0.1, 0.15) is 17.2 Å². The summed E-state index contributed by atoms with van der Waals surface area (Å²) in [7, 11) is 2.97. The van der Waals surface area contributed by atoms with Crippen LogP contribution in [0.25, 0.3) is 0 Å². The predicted molar refractivity (Wildman–Crippen MR) is 102 cm³/mol. The standard InChI is InChI=1S/C21H25NO6/c1-4-9-28-16-7-5-14(6-8-16)19(13-20(23)24)22-21(25)15-10-17(26-2)12-18(11-15)27-3/h5-8,10-12,19H,4,9,13H2,1-3H3,(H,22,25)(H,23,24)/p-1. The Bertz CT molecular complexity index is 781. The third-order valence-corrected chi connectivity index (χ3v) is 4.05. The first-order chi connectivity index (χ1) is 13.5. The van der Waals surface area contributed by atoms with Gasteiger partial charge in [0.25, 0.3) is 5.91 Å². The summed E-state index contributed by atoms with van der Waals surface area (Å²) < 4.78 is 15.9. The molecule has 1 atom stereocenters. The maximum atomic E-state index is 12.7. The molecule has 0 aromatic heterocycles. The lowest BCUT2D eigenvalue weighted by molar-refractivity contribution is -0.306. The fraction of sp³-hybridized carbons (Fsp3) is 0.333. The number of carbonyl (C=O) groups excluding carboxylic acids is 2. The highest BCUT2D eigenvalue weighted by atomic mass is 16.5.